The van der Waals surface area contributed by atoms with E-state index in [1.807, 2.05) is 19.1 Å². The highest BCUT2D eigenvalue weighted by Crippen LogP contribution is 2.37. The number of carbonyl (C=O) groups is 3. The molecule has 2 aromatic rings. The molecule has 8 heteroatoms. The maximum atomic E-state index is 12.6. The van der Waals surface area contributed by atoms with Gasteiger partial charge in [-0.3, -0.25) is 19.4 Å². The van der Waals surface area contributed by atoms with E-state index in [2.05, 4.69) is 31.5 Å². The number of benzene rings is 1. The van der Waals surface area contributed by atoms with E-state index in [4.69, 9.17) is 0 Å². The maximum Gasteiger partial charge on any atom is 0.310 e. The number of aromatic nitrogens is 1. The quantitative estimate of drug-likeness (QED) is 0.741. The average molecular weight is 417 g/mol. The number of carbonyl (C=O) groups excluding carboxylic acids is 3. The van der Waals surface area contributed by atoms with Gasteiger partial charge in [-0.15, -0.1) is 0 Å². The van der Waals surface area contributed by atoms with Gasteiger partial charge in [-0.05, 0) is 42.8 Å². The van der Waals surface area contributed by atoms with Crippen molar-refractivity contribution in [2.75, 3.05) is 11.4 Å². The minimum absolute atomic E-state index is 0.205. The second-order valence-corrected chi connectivity index (χ2v) is 6.65. The topological polar surface area (TPSA) is 91.4 Å². The molecule has 0 aliphatic carbocycles. The zero-order valence-corrected chi connectivity index (χ0v) is 15.6. The summed E-state index contributed by atoms with van der Waals surface area (Å²) >= 11 is 3.37. The van der Waals surface area contributed by atoms with Gasteiger partial charge in [0.2, 0.25) is 0 Å². The zero-order valence-electron chi connectivity index (χ0n) is 14.0. The van der Waals surface area contributed by atoms with Crippen molar-refractivity contribution in [2.45, 2.75) is 19.5 Å². The van der Waals surface area contributed by atoms with Crippen LogP contribution in [0, 0.1) is 0 Å². The molecule has 0 unspecified atom stereocenters. The Labute approximate surface area is 158 Å². The number of hydrogen-bond donors (Lipinski definition) is 2. The van der Waals surface area contributed by atoms with Crippen molar-refractivity contribution in [2.24, 2.45) is 0 Å². The number of anilines is 1. The Morgan fingerprint density at radius 1 is 1.19 bits per heavy atom. The van der Waals surface area contributed by atoms with Crippen LogP contribution in [0.3, 0.4) is 0 Å². The first kappa shape index (κ1) is 18.1. The molecule has 3 rings (SSSR count). The number of nitrogens with one attached hydrogen (secondary N) is 2. The second kappa shape index (κ2) is 7.65. The molecule has 0 radical (unpaired) electrons. The second-order valence-electron chi connectivity index (χ2n) is 5.73. The van der Waals surface area contributed by atoms with E-state index < -0.39 is 17.9 Å². The standard InChI is InChI=1S/C18H17BrN4O3/c1-2-23-14-4-3-12(19)9-13(14)15(18(23)26)22-17(25)16(24)21-10-11-5-7-20-8-6-11/h3-9,15H,2,10H2,1H3,(H,21,24)(H,22,25)/t15-/m0/s1. The fourth-order valence-electron chi connectivity index (χ4n) is 2.84. The Balaban J connectivity index is 1.70. The first-order chi connectivity index (χ1) is 12.5. The van der Waals surface area contributed by atoms with Crippen LogP contribution in [0.2, 0.25) is 0 Å². The highest BCUT2D eigenvalue weighted by molar-refractivity contribution is 9.10. The molecule has 1 aromatic heterocycles. The summed E-state index contributed by atoms with van der Waals surface area (Å²) in [6.45, 7) is 2.54. The fraction of sp³-hybridized carbons (Fsp3) is 0.222. The third-order valence-electron chi connectivity index (χ3n) is 4.10. The van der Waals surface area contributed by atoms with Crippen molar-refractivity contribution in [1.29, 1.82) is 0 Å². The zero-order chi connectivity index (χ0) is 18.7. The predicted molar refractivity (Wildman–Crippen MR) is 99.1 cm³/mol. The summed E-state index contributed by atoms with van der Waals surface area (Å²) in [5.41, 5.74) is 2.23. The summed E-state index contributed by atoms with van der Waals surface area (Å²) < 4.78 is 0.795. The average Bonchev–Trinajstić information content (AvgIpc) is 2.91. The smallest absolute Gasteiger partial charge is 0.310 e. The molecule has 0 saturated carbocycles. The van der Waals surface area contributed by atoms with Crippen LogP contribution in [0.1, 0.15) is 24.1 Å². The van der Waals surface area contributed by atoms with E-state index in [1.54, 1.807) is 35.5 Å². The predicted octanol–water partition coefficient (Wildman–Crippen LogP) is 1.68. The van der Waals surface area contributed by atoms with Crippen molar-refractivity contribution < 1.29 is 14.4 Å². The summed E-state index contributed by atoms with van der Waals surface area (Å²) in [5, 5.41) is 5.07. The summed E-state index contributed by atoms with van der Waals surface area (Å²) in [6.07, 6.45) is 3.21. The maximum absolute atomic E-state index is 12.6. The molecule has 2 heterocycles. The van der Waals surface area contributed by atoms with Crippen molar-refractivity contribution in [1.82, 2.24) is 15.6 Å². The number of pyridine rings is 1. The number of halogens is 1. The van der Waals surface area contributed by atoms with E-state index >= 15 is 0 Å². The Bertz CT molecular complexity index is 857. The molecule has 0 fully saturated rings. The molecule has 1 aliphatic heterocycles. The van der Waals surface area contributed by atoms with E-state index in [0.717, 1.165) is 15.7 Å². The van der Waals surface area contributed by atoms with Crippen LogP contribution in [0.4, 0.5) is 5.69 Å². The lowest BCUT2D eigenvalue weighted by Gasteiger charge is -2.15. The number of amides is 3. The van der Waals surface area contributed by atoms with Gasteiger partial charge in [0.15, 0.2) is 0 Å². The highest BCUT2D eigenvalue weighted by Gasteiger charge is 2.38. The summed E-state index contributed by atoms with van der Waals surface area (Å²) in [5.74, 6) is -1.89. The van der Waals surface area contributed by atoms with Gasteiger partial charge in [0.1, 0.15) is 6.04 Å². The number of likely N-dealkylation sites (N-methyl/N-ethyl adjacent to an activating group) is 1. The minimum atomic E-state index is -0.873. The highest BCUT2D eigenvalue weighted by atomic mass is 79.9. The monoisotopic (exact) mass is 416 g/mol. The lowest BCUT2D eigenvalue weighted by atomic mass is 10.1. The van der Waals surface area contributed by atoms with Crippen LogP contribution in [0.25, 0.3) is 0 Å². The molecule has 7 nitrogen and oxygen atoms in total. The first-order valence-electron chi connectivity index (χ1n) is 8.09. The third kappa shape index (κ3) is 3.60. The number of fused-ring (bicyclic) bond motifs is 1. The first-order valence-corrected chi connectivity index (χ1v) is 8.89. The van der Waals surface area contributed by atoms with Gasteiger partial charge in [0.05, 0.1) is 0 Å². The minimum Gasteiger partial charge on any atom is -0.344 e. The normalized spacial score (nSPS) is 15.5. The molecular formula is C18H17BrN4O3. The lowest BCUT2D eigenvalue weighted by molar-refractivity contribution is -0.140. The van der Waals surface area contributed by atoms with Crippen molar-refractivity contribution in [3.8, 4) is 0 Å². The Morgan fingerprint density at radius 2 is 1.92 bits per heavy atom. The number of rotatable bonds is 4. The SMILES string of the molecule is CCN1C(=O)[C@@H](NC(=O)C(=O)NCc2ccncc2)c2cc(Br)ccc21. The van der Waals surface area contributed by atoms with Gasteiger partial charge in [-0.25, -0.2) is 0 Å². The van der Waals surface area contributed by atoms with Gasteiger partial charge < -0.3 is 15.5 Å². The molecular weight excluding hydrogens is 400 g/mol. The van der Waals surface area contributed by atoms with E-state index in [0.29, 0.717) is 12.1 Å². The lowest BCUT2D eigenvalue weighted by Crippen LogP contribution is -2.44. The molecule has 0 bridgehead atoms. The molecule has 134 valence electrons. The molecule has 0 spiro atoms. The molecule has 1 aromatic carbocycles. The van der Waals surface area contributed by atoms with Crippen LogP contribution in [0.15, 0.2) is 47.2 Å². The van der Waals surface area contributed by atoms with Gasteiger partial charge in [0.25, 0.3) is 5.91 Å². The van der Waals surface area contributed by atoms with Gasteiger partial charge >= 0.3 is 11.8 Å². The molecule has 26 heavy (non-hydrogen) atoms. The molecule has 3 amide bonds. The van der Waals surface area contributed by atoms with E-state index in [-0.39, 0.29) is 12.5 Å². The summed E-state index contributed by atoms with van der Waals surface area (Å²) in [4.78, 5) is 42.4. The van der Waals surface area contributed by atoms with Crippen LogP contribution < -0.4 is 15.5 Å². The Hall–Kier alpha value is -2.74. The number of nitrogens with zero attached hydrogens (tertiary/aromatic N) is 2. The van der Waals surface area contributed by atoms with Crippen LogP contribution >= 0.6 is 15.9 Å². The Kier molecular flexibility index (Phi) is 5.32. The van der Waals surface area contributed by atoms with E-state index in [1.165, 1.54) is 0 Å². The van der Waals surface area contributed by atoms with Gasteiger partial charge in [-0.1, -0.05) is 15.9 Å². The van der Waals surface area contributed by atoms with Crippen molar-refractivity contribution in [3.63, 3.8) is 0 Å². The number of hydrogen-bond acceptors (Lipinski definition) is 4. The Morgan fingerprint density at radius 3 is 2.62 bits per heavy atom. The van der Waals surface area contributed by atoms with Crippen molar-refractivity contribution in [3.05, 3.63) is 58.3 Å². The third-order valence-corrected chi connectivity index (χ3v) is 4.60. The molecule has 1 atom stereocenters. The molecule has 0 saturated heterocycles. The van der Waals surface area contributed by atoms with E-state index in [9.17, 15) is 14.4 Å². The van der Waals surface area contributed by atoms with Crippen LogP contribution in [-0.4, -0.2) is 29.3 Å². The van der Waals surface area contributed by atoms with Crippen LogP contribution in [-0.2, 0) is 20.9 Å². The summed E-state index contributed by atoms with van der Waals surface area (Å²) in [7, 11) is 0. The van der Waals surface area contributed by atoms with Crippen LogP contribution in [0.5, 0.6) is 0 Å². The van der Waals surface area contributed by atoms with Gasteiger partial charge in [0, 0.05) is 41.2 Å². The molecule has 2 N–H and O–H groups in total. The fourth-order valence-corrected chi connectivity index (χ4v) is 3.21. The van der Waals surface area contributed by atoms with Crippen molar-refractivity contribution >= 4 is 39.3 Å². The summed E-state index contributed by atoms with van der Waals surface area (Å²) in [6, 6.07) is 8.04. The van der Waals surface area contributed by atoms with Gasteiger partial charge in [-0.2, -0.15) is 0 Å². The largest absolute Gasteiger partial charge is 0.344 e. The molecule has 1 aliphatic rings.